The molecular formula is C14H15N3O2. The third-order valence-electron chi connectivity index (χ3n) is 2.95. The van der Waals surface area contributed by atoms with Crippen molar-refractivity contribution < 1.29 is 9.90 Å². The van der Waals surface area contributed by atoms with Crippen LogP contribution in [0, 0.1) is 6.92 Å². The minimum absolute atomic E-state index is 0.0990. The second-order valence-electron chi connectivity index (χ2n) is 4.30. The van der Waals surface area contributed by atoms with Gasteiger partial charge in [0.05, 0.1) is 17.6 Å². The largest absolute Gasteiger partial charge is 0.508 e. The molecule has 0 aliphatic heterocycles. The molecule has 19 heavy (non-hydrogen) atoms. The quantitative estimate of drug-likeness (QED) is 0.861. The van der Waals surface area contributed by atoms with Crippen molar-refractivity contribution in [2.45, 2.75) is 6.92 Å². The van der Waals surface area contributed by atoms with Gasteiger partial charge in [-0.25, -0.2) is 0 Å². The number of rotatable bonds is 2. The first-order valence-corrected chi connectivity index (χ1v) is 5.78. The van der Waals surface area contributed by atoms with Crippen molar-refractivity contribution in [3.05, 3.63) is 47.8 Å². The van der Waals surface area contributed by atoms with Crippen LogP contribution in [-0.4, -0.2) is 23.0 Å². The van der Waals surface area contributed by atoms with Crippen LogP contribution < -0.4 is 10.6 Å². The van der Waals surface area contributed by atoms with Crippen molar-refractivity contribution in [1.29, 1.82) is 0 Å². The van der Waals surface area contributed by atoms with Gasteiger partial charge >= 0.3 is 0 Å². The molecule has 0 unspecified atom stereocenters. The number of nitrogens with zero attached hydrogens (tertiary/aromatic N) is 2. The highest BCUT2D eigenvalue weighted by Gasteiger charge is 2.16. The van der Waals surface area contributed by atoms with Gasteiger partial charge in [0.2, 0.25) is 0 Å². The van der Waals surface area contributed by atoms with E-state index in [1.807, 2.05) is 0 Å². The topological polar surface area (TPSA) is 79.5 Å². The Kier molecular flexibility index (Phi) is 3.37. The van der Waals surface area contributed by atoms with Crippen LogP contribution in [0.5, 0.6) is 5.75 Å². The molecule has 0 bridgehead atoms. The summed E-state index contributed by atoms with van der Waals surface area (Å²) in [5, 5.41) is 9.65. The van der Waals surface area contributed by atoms with Gasteiger partial charge in [0.15, 0.2) is 0 Å². The number of aromatic hydroxyl groups is 1. The average molecular weight is 257 g/mol. The van der Waals surface area contributed by atoms with Crippen LogP contribution in [0.3, 0.4) is 0 Å². The van der Waals surface area contributed by atoms with E-state index >= 15 is 0 Å². The lowest BCUT2D eigenvalue weighted by Gasteiger charge is -2.19. The second kappa shape index (κ2) is 4.97. The minimum atomic E-state index is -0.242. The van der Waals surface area contributed by atoms with E-state index in [0.717, 1.165) is 5.56 Å². The minimum Gasteiger partial charge on any atom is -0.508 e. The van der Waals surface area contributed by atoms with Crippen molar-refractivity contribution in [1.82, 2.24) is 4.98 Å². The number of anilines is 2. The first-order valence-electron chi connectivity index (χ1n) is 5.78. The number of hydrogen-bond acceptors (Lipinski definition) is 4. The predicted molar refractivity (Wildman–Crippen MR) is 74.2 cm³/mol. The number of pyridine rings is 1. The molecule has 1 heterocycles. The van der Waals surface area contributed by atoms with Gasteiger partial charge in [0.25, 0.3) is 5.91 Å². The van der Waals surface area contributed by atoms with Crippen LogP contribution >= 0.6 is 0 Å². The van der Waals surface area contributed by atoms with Crippen molar-refractivity contribution in [2.24, 2.45) is 0 Å². The number of benzene rings is 1. The summed E-state index contributed by atoms with van der Waals surface area (Å²) in [6, 6.07) is 6.49. The summed E-state index contributed by atoms with van der Waals surface area (Å²) in [6.45, 7) is 1.77. The van der Waals surface area contributed by atoms with Crippen LogP contribution in [0.1, 0.15) is 15.9 Å². The van der Waals surface area contributed by atoms with E-state index in [0.29, 0.717) is 16.9 Å². The summed E-state index contributed by atoms with van der Waals surface area (Å²) in [4.78, 5) is 17.6. The molecule has 0 aliphatic rings. The van der Waals surface area contributed by atoms with E-state index in [1.54, 1.807) is 38.4 Å². The third kappa shape index (κ3) is 2.49. The number of carbonyl (C=O) groups is 1. The Hall–Kier alpha value is -2.56. The molecule has 0 radical (unpaired) electrons. The lowest BCUT2D eigenvalue weighted by molar-refractivity contribution is 0.0992. The summed E-state index contributed by atoms with van der Waals surface area (Å²) in [7, 11) is 1.63. The zero-order valence-electron chi connectivity index (χ0n) is 10.8. The normalized spacial score (nSPS) is 10.2. The number of hydrogen-bond donors (Lipinski definition) is 2. The van der Waals surface area contributed by atoms with Crippen LogP contribution in [0.15, 0.2) is 36.7 Å². The van der Waals surface area contributed by atoms with Gasteiger partial charge in [-0.2, -0.15) is 0 Å². The molecule has 0 saturated heterocycles. The smallest absolute Gasteiger partial charge is 0.258 e. The number of phenolic OH excluding ortho intramolecular Hbond substituents is 1. The Morgan fingerprint density at radius 1 is 1.37 bits per heavy atom. The lowest BCUT2D eigenvalue weighted by Crippen LogP contribution is -2.27. The molecule has 3 N–H and O–H groups in total. The number of aryl methyl sites for hydroxylation is 1. The molecule has 0 atom stereocenters. The van der Waals surface area contributed by atoms with Crippen LogP contribution in [0.4, 0.5) is 11.4 Å². The van der Waals surface area contributed by atoms with Crippen molar-refractivity contribution in [3.8, 4) is 5.75 Å². The molecule has 2 rings (SSSR count). The Morgan fingerprint density at radius 2 is 2.11 bits per heavy atom. The predicted octanol–water partition coefficient (Wildman–Crippen LogP) is 1.95. The van der Waals surface area contributed by atoms with E-state index in [1.165, 1.54) is 17.2 Å². The lowest BCUT2D eigenvalue weighted by atomic mass is 10.1. The second-order valence-corrected chi connectivity index (χ2v) is 4.30. The van der Waals surface area contributed by atoms with Crippen LogP contribution in [-0.2, 0) is 0 Å². The zero-order valence-corrected chi connectivity index (χ0v) is 10.8. The molecular weight excluding hydrogens is 242 g/mol. The summed E-state index contributed by atoms with van der Waals surface area (Å²) in [6.07, 6.45) is 3.06. The average Bonchev–Trinajstić information content (AvgIpc) is 2.41. The molecule has 5 heteroatoms. The van der Waals surface area contributed by atoms with Gasteiger partial charge in [0.1, 0.15) is 5.75 Å². The summed E-state index contributed by atoms with van der Waals surface area (Å²) in [5.74, 6) is -0.143. The summed E-state index contributed by atoms with van der Waals surface area (Å²) >= 11 is 0. The molecule has 5 nitrogen and oxygen atoms in total. The monoisotopic (exact) mass is 257 g/mol. The first kappa shape index (κ1) is 12.9. The van der Waals surface area contributed by atoms with E-state index in [2.05, 4.69) is 4.98 Å². The van der Waals surface area contributed by atoms with E-state index in [9.17, 15) is 9.90 Å². The van der Waals surface area contributed by atoms with Gasteiger partial charge in [0, 0.05) is 18.8 Å². The van der Waals surface area contributed by atoms with Gasteiger partial charge in [-0.3, -0.25) is 9.78 Å². The number of carbonyl (C=O) groups excluding carboxylic acids is 1. The Labute approximate surface area is 111 Å². The SMILES string of the molecule is Cc1ccc(C(=O)N(C)c2ccncc2N)cc1O. The summed E-state index contributed by atoms with van der Waals surface area (Å²) < 4.78 is 0. The molecule has 2 aromatic rings. The molecule has 98 valence electrons. The van der Waals surface area contributed by atoms with Crippen molar-refractivity contribution in [3.63, 3.8) is 0 Å². The maximum absolute atomic E-state index is 12.3. The van der Waals surface area contributed by atoms with Gasteiger partial charge in [-0.15, -0.1) is 0 Å². The van der Waals surface area contributed by atoms with E-state index in [-0.39, 0.29) is 11.7 Å². The van der Waals surface area contributed by atoms with Crippen LogP contribution in [0.25, 0.3) is 0 Å². The van der Waals surface area contributed by atoms with Gasteiger partial charge < -0.3 is 15.7 Å². The number of amides is 1. The maximum Gasteiger partial charge on any atom is 0.258 e. The molecule has 0 aliphatic carbocycles. The number of aromatic nitrogens is 1. The molecule has 1 aromatic carbocycles. The Balaban J connectivity index is 2.34. The van der Waals surface area contributed by atoms with Crippen molar-refractivity contribution in [2.75, 3.05) is 17.7 Å². The highest BCUT2D eigenvalue weighted by Crippen LogP contribution is 2.24. The Bertz CT molecular complexity index is 626. The highest BCUT2D eigenvalue weighted by molar-refractivity contribution is 6.07. The van der Waals surface area contributed by atoms with Gasteiger partial charge in [-0.05, 0) is 30.7 Å². The third-order valence-corrected chi connectivity index (χ3v) is 2.95. The maximum atomic E-state index is 12.3. The standard InChI is InChI=1S/C14H15N3O2/c1-9-3-4-10(7-13(9)18)14(19)17(2)12-5-6-16-8-11(12)15/h3-8,18H,15H2,1-2H3. The fourth-order valence-corrected chi connectivity index (χ4v) is 1.75. The van der Waals surface area contributed by atoms with E-state index < -0.39 is 0 Å². The van der Waals surface area contributed by atoms with Crippen molar-refractivity contribution >= 4 is 17.3 Å². The van der Waals surface area contributed by atoms with E-state index in [4.69, 9.17) is 5.73 Å². The highest BCUT2D eigenvalue weighted by atomic mass is 16.3. The summed E-state index contributed by atoms with van der Waals surface area (Å²) in [5.41, 5.74) is 7.92. The number of nitrogen functional groups attached to an aromatic ring is 1. The van der Waals surface area contributed by atoms with Gasteiger partial charge in [-0.1, -0.05) is 6.07 Å². The Morgan fingerprint density at radius 3 is 2.74 bits per heavy atom. The number of nitrogens with two attached hydrogens (primary N) is 1. The fraction of sp³-hybridized carbons (Fsp3) is 0.143. The fourth-order valence-electron chi connectivity index (χ4n) is 1.75. The van der Waals surface area contributed by atoms with Crippen LogP contribution in [0.2, 0.25) is 0 Å². The zero-order chi connectivity index (χ0) is 14.0. The molecule has 1 amide bonds. The molecule has 0 saturated carbocycles. The number of phenols is 1. The molecule has 0 fully saturated rings. The molecule has 0 spiro atoms. The first-order chi connectivity index (χ1) is 9.00. The molecule has 1 aromatic heterocycles.